The number of urea groups is 1. The fraction of sp³-hybridized carbons (Fsp3) is 0.571. The predicted molar refractivity (Wildman–Crippen MR) is 108 cm³/mol. The van der Waals surface area contributed by atoms with Crippen LogP contribution in [0.1, 0.15) is 44.6 Å². The van der Waals surface area contributed by atoms with E-state index in [4.69, 9.17) is 0 Å². The maximum atomic E-state index is 13.2. The van der Waals surface area contributed by atoms with E-state index in [-0.39, 0.29) is 11.6 Å². The number of amides is 4. The van der Waals surface area contributed by atoms with E-state index in [2.05, 4.69) is 10.6 Å². The van der Waals surface area contributed by atoms with Crippen LogP contribution in [0.15, 0.2) is 18.2 Å². The van der Waals surface area contributed by atoms with Crippen LogP contribution in [-0.4, -0.2) is 47.9 Å². The van der Waals surface area contributed by atoms with E-state index in [0.717, 1.165) is 49.1 Å². The fourth-order valence-electron chi connectivity index (χ4n) is 4.35. The van der Waals surface area contributed by atoms with E-state index >= 15 is 0 Å². The van der Waals surface area contributed by atoms with Crippen LogP contribution < -0.4 is 15.5 Å². The molecule has 1 saturated carbocycles. The largest absolute Gasteiger partial charge is 0.416 e. The van der Waals surface area contributed by atoms with E-state index in [0.29, 0.717) is 18.8 Å². The van der Waals surface area contributed by atoms with Crippen molar-refractivity contribution in [2.45, 2.75) is 50.7 Å². The lowest BCUT2D eigenvalue weighted by Gasteiger charge is -2.31. The molecule has 0 bridgehead atoms. The van der Waals surface area contributed by atoms with Crippen molar-refractivity contribution in [2.24, 2.45) is 5.92 Å². The van der Waals surface area contributed by atoms with Crippen molar-refractivity contribution in [3.05, 3.63) is 23.8 Å². The lowest BCUT2D eigenvalue weighted by atomic mass is 9.96. The number of carbonyl (C=O) groups excluding carboxylic acids is 3. The van der Waals surface area contributed by atoms with Crippen molar-refractivity contribution in [2.75, 3.05) is 29.9 Å². The molecule has 31 heavy (non-hydrogen) atoms. The third kappa shape index (κ3) is 4.20. The number of piperidine rings is 1. The Morgan fingerprint density at radius 1 is 1.19 bits per heavy atom. The Kier molecular flexibility index (Phi) is 5.35. The van der Waals surface area contributed by atoms with Crippen molar-refractivity contribution in [3.63, 3.8) is 0 Å². The lowest BCUT2D eigenvalue weighted by molar-refractivity contribution is -0.137. The highest BCUT2D eigenvalue weighted by atomic mass is 19.4. The quantitative estimate of drug-likeness (QED) is 0.691. The summed E-state index contributed by atoms with van der Waals surface area (Å²) in [4.78, 5) is 40.4. The summed E-state index contributed by atoms with van der Waals surface area (Å²) in [5.74, 6) is -1.15. The van der Waals surface area contributed by atoms with Gasteiger partial charge in [-0.15, -0.1) is 0 Å². The van der Waals surface area contributed by atoms with Crippen LogP contribution in [0, 0.1) is 5.92 Å². The first-order valence-electron chi connectivity index (χ1n) is 10.5. The molecule has 2 heterocycles. The Balaban J connectivity index is 1.53. The normalized spacial score (nSPS) is 24.4. The van der Waals surface area contributed by atoms with Crippen LogP contribution in [0.25, 0.3) is 0 Å². The van der Waals surface area contributed by atoms with Gasteiger partial charge in [0.25, 0.3) is 5.91 Å². The zero-order valence-corrected chi connectivity index (χ0v) is 17.2. The van der Waals surface area contributed by atoms with Crippen LogP contribution in [-0.2, 0) is 15.8 Å². The number of hydrogen-bond donors (Lipinski definition) is 2. The number of halogens is 3. The van der Waals surface area contributed by atoms with Gasteiger partial charge in [-0.25, -0.2) is 4.79 Å². The van der Waals surface area contributed by atoms with Crippen LogP contribution in [0.2, 0.25) is 0 Å². The molecule has 168 valence electrons. The second kappa shape index (κ2) is 7.72. The molecule has 0 spiro atoms. The summed E-state index contributed by atoms with van der Waals surface area (Å²) in [6, 6.07) is 2.61. The number of rotatable bonds is 5. The Labute approximate surface area is 177 Å². The molecule has 1 aromatic rings. The summed E-state index contributed by atoms with van der Waals surface area (Å²) >= 11 is 0. The van der Waals surface area contributed by atoms with Gasteiger partial charge < -0.3 is 15.5 Å². The minimum atomic E-state index is -4.56. The summed E-state index contributed by atoms with van der Waals surface area (Å²) in [7, 11) is 0. The van der Waals surface area contributed by atoms with Crippen molar-refractivity contribution in [1.82, 2.24) is 10.2 Å². The first kappa shape index (κ1) is 21.5. The number of carbonyl (C=O) groups is 3. The zero-order valence-electron chi connectivity index (χ0n) is 17.2. The average molecular weight is 438 g/mol. The fourth-order valence-corrected chi connectivity index (χ4v) is 4.35. The minimum Gasteiger partial charge on any atom is -0.370 e. The Morgan fingerprint density at radius 3 is 2.48 bits per heavy atom. The summed E-state index contributed by atoms with van der Waals surface area (Å²) < 4.78 is 39.7. The number of imide groups is 1. The van der Waals surface area contributed by atoms with Crippen molar-refractivity contribution in [1.29, 1.82) is 0 Å². The van der Waals surface area contributed by atoms with E-state index < -0.39 is 41.7 Å². The second-order valence-corrected chi connectivity index (χ2v) is 8.62. The monoisotopic (exact) mass is 438 g/mol. The van der Waals surface area contributed by atoms with Crippen LogP contribution in [0.3, 0.4) is 0 Å². The summed E-state index contributed by atoms with van der Waals surface area (Å²) in [6.07, 6.45) is -0.0350. The number of hydrogen-bond acceptors (Lipinski definition) is 4. The van der Waals surface area contributed by atoms with Gasteiger partial charge in [-0.1, -0.05) is 0 Å². The number of nitrogens with zero attached hydrogens (tertiary/aromatic N) is 2. The predicted octanol–water partition coefficient (Wildman–Crippen LogP) is 3.35. The Hall–Kier alpha value is -2.78. The van der Waals surface area contributed by atoms with Gasteiger partial charge in [-0.3, -0.25) is 14.5 Å². The first-order chi connectivity index (χ1) is 14.6. The molecule has 2 saturated heterocycles. The summed E-state index contributed by atoms with van der Waals surface area (Å²) in [5, 5.41) is 5.16. The molecular formula is C21H25F3N4O3. The minimum absolute atomic E-state index is 0.0266. The van der Waals surface area contributed by atoms with E-state index in [1.807, 2.05) is 4.90 Å². The average Bonchev–Trinajstić information content (AvgIpc) is 3.54. The molecule has 4 amide bonds. The maximum absolute atomic E-state index is 13.2. The van der Waals surface area contributed by atoms with Gasteiger partial charge in [0, 0.05) is 13.1 Å². The van der Waals surface area contributed by atoms with Gasteiger partial charge >= 0.3 is 12.2 Å². The third-order valence-electron chi connectivity index (χ3n) is 6.29. The van der Waals surface area contributed by atoms with Gasteiger partial charge in [0.05, 0.1) is 16.9 Å². The molecule has 10 heteroatoms. The molecule has 0 radical (unpaired) electrons. The molecule has 1 aliphatic carbocycles. The second-order valence-electron chi connectivity index (χ2n) is 8.62. The molecule has 0 aromatic heterocycles. The lowest BCUT2D eigenvalue weighted by Crippen LogP contribution is -2.46. The first-order valence-corrected chi connectivity index (χ1v) is 10.5. The van der Waals surface area contributed by atoms with Gasteiger partial charge in [0.15, 0.2) is 0 Å². The van der Waals surface area contributed by atoms with Crippen LogP contribution >= 0.6 is 0 Å². The number of anilines is 2. The van der Waals surface area contributed by atoms with Crippen molar-refractivity contribution >= 4 is 29.2 Å². The SMILES string of the molecule is C[C@@]1(C2CC2)NC(=O)N(CC(=O)Nc2cc(C(F)(F)F)ccc2N2CCCCC2)C1=O. The number of alkyl halides is 3. The highest BCUT2D eigenvalue weighted by Crippen LogP contribution is 2.42. The molecule has 1 atom stereocenters. The highest BCUT2D eigenvalue weighted by molar-refractivity contribution is 6.10. The number of benzene rings is 1. The van der Waals surface area contributed by atoms with Gasteiger partial charge in [-0.05, 0) is 63.1 Å². The van der Waals surface area contributed by atoms with Crippen molar-refractivity contribution < 1.29 is 27.6 Å². The van der Waals surface area contributed by atoms with Gasteiger partial charge in [-0.2, -0.15) is 13.2 Å². The zero-order chi connectivity index (χ0) is 22.4. The molecule has 3 fully saturated rings. The van der Waals surface area contributed by atoms with Crippen LogP contribution in [0.5, 0.6) is 0 Å². The van der Waals surface area contributed by atoms with Gasteiger partial charge in [0.2, 0.25) is 5.91 Å². The molecule has 2 aliphatic heterocycles. The topological polar surface area (TPSA) is 81.8 Å². The standard InChI is InChI=1S/C21H25F3N4O3/c1-20(13-5-6-13)18(30)28(19(31)26-20)12-17(29)25-15-11-14(21(22,23)24)7-8-16(15)27-9-3-2-4-10-27/h7-8,11,13H,2-6,9-10,12H2,1H3,(H,25,29)(H,26,31)/t20-/m0/s1. The van der Waals surface area contributed by atoms with E-state index in [1.165, 1.54) is 6.07 Å². The van der Waals surface area contributed by atoms with E-state index in [1.54, 1.807) is 6.92 Å². The Morgan fingerprint density at radius 2 is 1.87 bits per heavy atom. The molecular weight excluding hydrogens is 413 g/mol. The van der Waals surface area contributed by atoms with Gasteiger partial charge in [0.1, 0.15) is 12.1 Å². The summed E-state index contributed by atoms with van der Waals surface area (Å²) in [5.41, 5.74) is -1.37. The summed E-state index contributed by atoms with van der Waals surface area (Å²) in [6.45, 7) is 2.45. The Bertz CT molecular complexity index is 910. The molecule has 7 nitrogen and oxygen atoms in total. The molecule has 1 aromatic carbocycles. The highest BCUT2D eigenvalue weighted by Gasteiger charge is 2.56. The maximum Gasteiger partial charge on any atom is 0.416 e. The van der Waals surface area contributed by atoms with E-state index in [9.17, 15) is 27.6 Å². The smallest absolute Gasteiger partial charge is 0.370 e. The molecule has 2 N–H and O–H groups in total. The third-order valence-corrected chi connectivity index (χ3v) is 6.29. The molecule has 3 aliphatic rings. The molecule has 0 unspecified atom stereocenters. The van der Waals surface area contributed by atoms with Crippen LogP contribution in [0.4, 0.5) is 29.3 Å². The number of nitrogens with one attached hydrogen (secondary N) is 2. The van der Waals surface area contributed by atoms with Crippen molar-refractivity contribution in [3.8, 4) is 0 Å². The molecule has 4 rings (SSSR count).